The van der Waals surface area contributed by atoms with E-state index in [1.165, 1.54) is 11.3 Å². The van der Waals surface area contributed by atoms with Crippen molar-refractivity contribution in [3.8, 4) is 0 Å². The molecule has 0 atom stereocenters. The van der Waals surface area contributed by atoms with E-state index in [-0.39, 0.29) is 5.43 Å². The van der Waals surface area contributed by atoms with E-state index in [9.17, 15) is 4.79 Å². The molecule has 0 radical (unpaired) electrons. The minimum Gasteiger partial charge on any atom is -0.305 e. The molecule has 0 unspecified atom stereocenters. The molecule has 6 heteroatoms. The predicted molar refractivity (Wildman–Crippen MR) is 79.7 cm³/mol. The minimum absolute atomic E-state index is 0.209. The summed E-state index contributed by atoms with van der Waals surface area (Å²) in [6.07, 6.45) is 4.28. The van der Waals surface area contributed by atoms with E-state index in [2.05, 4.69) is 10.2 Å². The molecule has 3 aromatic heterocycles. The Morgan fingerprint density at radius 3 is 2.85 bits per heavy atom. The van der Waals surface area contributed by atoms with Crippen LogP contribution in [0.2, 0.25) is 0 Å². The van der Waals surface area contributed by atoms with Gasteiger partial charge in [-0.05, 0) is 39.5 Å². The van der Waals surface area contributed by atoms with Crippen molar-refractivity contribution in [1.29, 1.82) is 0 Å². The van der Waals surface area contributed by atoms with Gasteiger partial charge < -0.3 is 4.57 Å². The standard InChI is InChI=1S/C14H16N4OS/c1-3-17-11-12(19)9-6-4-5-7-10(9)20-13(11)18-8(2)15-16-14(17)18/h3-7H2,1-2H3. The lowest BCUT2D eigenvalue weighted by Crippen LogP contribution is -2.17. The average molecular weight is 288 g/mol. The average Bonchev–Trinajstić information content (AvgIpc) is 2.98. The van der Waals surface area contributed by atoms with Gasteiger partial charge in [0.2, 0.25) is 11.2 Å². The summed E-state index contributed by atoms with van der Waals surface area (Å²) in [7, 11) is 0. The van der Waals surface area contributed by atoms with Crippen LogP contribution in [0, 0.1) is 6.92 Å². The molecular formula is C14H16N4OS. The first-order valence-corrected chi connectivity index (χ1v) is 7.92. The maximum absolute atomic E-state index is 12.9. The highest BCUT2D eigenvalue weighted by atomic mass is 32.1. The maximum atomic E-state index is 12.9. The number of nitrogens with zero attached hydrogens (tertiary/aromatic N) is 4. The number of aromatic nitrogens is 4. The van der Waals surface area contributed by atoms with Crippen LogP contribution in [0.3, 0.4) is 0 Å². The Morgan fingerprint density at radius 2 is 2.05 bits per heavy atom. The normalized spacial score (nSPS) is 15.1. The van der Waals surface area contributed by atoms with E-state index < -0.39 is 0 Å². The van der Waals surface area contributed by atoms with Gasteiger partial charge in [-0.15, -0.1) is 21.5 Å². The van der Waals surface area contributed by atoms with Crippen molar-refractivity contribution in [2.75, 3.05) is 0 Å². The van der Waals surface area contributed by atoms with Gasteiger partial charge in [0.25, 0.3) is 0 Å². The summed E-state index contributed by atoms with van der Waals surface area (Å²) in [6, 6.07) is 0. The molecule has 20 heavy (non-hydrogen) atoms. The van der Waals surface area contributed by atoms with Crippen molar-refractivity contribution in [3.63, 3.8) is 0 Å². The molecule has 0 aromatic carbocycles. The molecule has 3 heterocycles. The summed E-state index contributed by atoms with van der Waals surface area (Å²) in [6.45, 7) is 4.73. The number of fused-ring (bicyclic) bond motifs is 4. The van der Waals surface area contributed by atoms with E-state index in [4.69, 9.17) is 0 Å². The van der Waals surface area contributed by atoms with Crippen LogP contribution in [0.4, 0.5) is 0 Å². The number of rotatable bonds is 1. The zero-order valence-corrected chi connectivity index (χ0v) is 12.5. The highest BCUT2D eigenvalue weighted by Gasteiger charge is 2.22. The summed E-state index contributed by atoms with van der Waals surface area (Å²) >= 11 is 1.75. The van der Waals surface area contributed by atoms with Gasteiger partial charge in [0.15, 0.2) is 0 Å². The Hall–Kier alpha value is -1.69. The predicted octanol–water partition coefficient (Wildman–Crippen LogP) is 2.31. The van der Waals surface area contributed by atoms with Crippen molar-refractivity contribution in [2.24, 2.45) is 0 Å². The van der Waals surface area contributed by atoms with E-state index in [1.807, 2.05) is 22.8 Å². The molecule has 0 N–H and O–H groups in total. The Balaban J connectivity index is 2.25. The van der Waals surface area contributed by atoms with E-state index in [0.717, 1.165) is 53.3 Å². The fourth-order valence-corrected chi connectivity index (χ4v) is 4.59. The van der Waals surface area contributed by atoms with Gasteiger partial charge in [-0.1, -0.05) is 0 Å². The van der Waals surface area contributed by atoms with Gasteiger partial charge >= 0.3 is 0 Å². The first kappa shape index (κ1) is 12.1. The van der Waals surface area contributed by atoms with Crippen LogP contribution in [-0.4, -0.2) is 19.2 Å². The van der Waals surface area contributed by atoms with Crippen LogP contribution in [0.5, 0.6) is 0 Å². The first-order valence-electron chi connectivity index (χ1n) is 7.11. The summed E-state index contributed by atoms with van der Waals surface area (Å²) < 4.78 is 4.03. The van der Waals surface area contributed by atoms with Gasteiger partial charge in [0.1, 0.15) is 16.2 Å². The van der Waals surface area contributed by atoms with Gasteiger partial charge in [0, 0.05) is 17.0 Å². The van der Waals surface area contributed by atoms with Crippen molar-refractivity contribution in [3.05, 3.63) is 26.5 Å². The second-order valence-corrected chi connectivity index (χ2v) is 6.40. The third-order valence-corrected chi connectivity index (χ3v) is 5.43. The summed E-state index contributed by atoms with van der Waals surface area (Å²) in [5.74, 6) is 1.64. The van der Waals surface area contributed by atoms with Crippen molar-refractivity contribution in [2.45, 2.75) is 46.1 Å². The first-order chi connectivity index (χ1) is 9.72. The highest BCUT2D eigenvalue weighted by Crippen LogP contribution is 2.30. The Bertz CT molecular complexity index is 886. The second kappa shape index (κ2) is 4.15. The minimum atomic E-state index is 0.209. The zero-order chi connectivity index (χ0) is 13.9. The Morgan fingerprint density at radius 1 is 1.25 bits per heavy atom. The molecule has 0 saturated heterocycles. The van der Waals surface area contributed by atoms with Crippen LogP contribution in [0.1, 0.15) is 36.0 Å². The van der Waals surface area contributed by atoms with Gasteiger partial charge in [-0.25, -0.2) is 0 Å². The zero-order valence-electron chi connectivity index (χ0n) is 11.6. The van der Waals surface area contributed by atoms with E-state index in [1.54, 1.807) is 11.3 Å². The van der Waals surface area contributed by atoms with Crippen molar-refractivity contribution >= 4 is 27.5 Å². The number of aryl methyl sites for hydroxylation is 3. The van der Waals surface area contributed by atoms with Crippen LogP contribution in [0.15, 0.2) is 4.79 Å². The van der Waals surface area contributed by atoms with E-state index in [0.29, 0.717) is 0 Å². The highest BCUT2D eigenvalue weighted by molar-refractivity contribution is 7.18. The molecule has 0 aliphatic heterocycles. The Kier molecular flexibility index (Phi) is 2.51. The lowest BCUT2D eigenvalue weighted by Gasteiger charge is -2.14. The fraction of sp³-hybridized carbons (Fsp3) is 0.500. The molecule has 4 rings (SSSR count). The van der Waals surface area contributed by atoms with Crippen molar-refractivity contribution < 1.29 is 0 Å². The molecular weight excluding hydrogens is 272 g/mol. The molecule has 0 bridgehead atoms. The molecule has 0 spiro atoms. The number of imidazole rings is 1. The van der Waals surface area contributed by atoms with Crippen LogP contribution in [-0.2, 0) is 19.4 Å². The monoisotopic (exact) mass is 288 g/mol. The second-order valence-electron chi connectivity index (χ2n) is 5.32. The van der Waals surface area contributed by atoms with Crippen LogP contribution >= 0.6 is 11.3 Å². The van der Waals surface area contributed by atoms with Crippen LogP contribution in [0.25, 0.3) is 16.1 Å². The molecule has 5 nitrogen and oxygen atoms in total. The van der Waals surface area contributed by atoms with Crippen LogP contribution < -0.4 is 5.43 Å². The smallest absolute Gasteiger partial charge is 0.237 e. The summed E-state index contributed by atoms with van der Waals surface area (Å²) in [4.78, 5) is 15.1. The summed E-state index contributed by atoms with van der Waals surface area (Å²) in [5.41, 5.74) is 2.06. The van der Waals surface area contributed by atoms with Crippen molar-refractivity contribution in [1.82, 2.24) is 19.2 Å². The molecule has 3 aromatic rings. The number of hydrogen-bond donors (Lipinski definition) is 0. The van der Waals surface area contributed by atoms with Gasteiger partial charge in [-0.3, -0.25) is 9.20 Å². The quantitative estimate of drug-likeness (QED) is 0.690. The fourth-order valence-electron chi connectivity index (χ4n) is 3.19. The van der Waals surface area contributed by atoms with E-state index >= 15 is 0 Å². The lowest BCUT2D eigenvalue weighted by molar-refractivity contribution is 0.691. The summed E-state index contributed by atoms with van der Waals surface area (Å²) in [5, 5.41) is 8.39. The molecule has 0 amide bonds. The molecule has 0 saturated carbocycles. The third-order valence-electron chi connectivity index (χ3n) is 4.17. The van der Waals surface area contributed by atoms with Gasteiger partial charge in [0.05, 0.1) is 0 Å². The lowest BCUT2D eigenvalue weighted by atomic mass is 9.98. The SMILES string of the molecule is CCn1c2c(=O)c3c(sc2n2c(C)nnc12)CCCC3. The molecule has 104 valence electrons. The maximum Gasteiger partial charge on any atom is 0.237 e. The largest absolute Gasteiger partial charge is 0.305 e. The number of hydrogen-bond acceptors (Lipinski definition) is 4. The topological polar surface area (TPSA) is 52.2 Å². The molecule has 1 aliphatic carbocycles. The molecule has 1 aliphatic rings. The Labute approximate surface area is 119 Å². The third kappa shape index (κ3) is 1.40. The van der Waals surface area contributed by atoms with Gasteiger partial charge in [-0.2, -0.15) is 0 Å². The molecule has 0 fully saturated rings.